The van der Waals surface area contributed by atoms with Crippen LogP contribution >= 0.6 is 12.2 Å². The quantitative estimate of drug-likeness (QED) is 0.221. The monoisotopic (exact) mass is 471 g/mol. The third-order valence-corrected chi connectivity index (χ3v) is 10.4. The van der Waals surface area contributed by atoms with Crippen molar-refractivity contribution in [3.05, 3.63) is 12.2 Å². The topological polar surface area (TPSA) is 65.1 Å². The zero-order valence-electron chi connectivity index (χ0n) is 21.3. The molecule has 0 unspecified atom stereocenters. The Morgan fingerprint density at radius 3 is 1.77 bits per heavy atom. The van der Waals surface area contributed by atoms with Gasteiger partial charge >= 0.3 is 12.1 Å². The number of amides is 1. The Bertz CT molecular complexity index is 743. The number of carbonyl (C=O) groups excluding carboxylic acids is 2. The average molecular weight is 472 g/mol. The maximum Gasteiger partial charge on any atom is 0.416 e. The molecule has 0 aromatic carbocycles. The Morgan fingerprint density at radius 2 is 1.42 bits per heavy atom. The first-order chi connectivity index (χ1) is 13.6. The van der Waals surface area contributed by atoms with Gasteiger partial charge in [-0.25, -0.2) is 9.59 Å². The molecule has 1 amide bonds. The van der Waals surface area contributed by atoms with Gasteiger partial charge < -0.3 is 13.9 Å². The average Bonchev–Trinajstić information content (AvgIpc) is 2.74. The van der Waals surface area contributed by atoms with Gasteiger partial charge in [-0.1, -0.05) is 45.1 Å². The van der Waals surface area contributed by atoms with Gasteiger partial charge in [0.15, 0.2) is 14.4 Å². The molecule has 0 aromatic heterocycles. The van der Waals surface area contributed by atoms with Crippen molar-refractivity contribution in [1.29, 1.82) is 0 Å². The largest absolute Gasteiger partial charge is 0.458 e. The highest BCUT2D eigenvalue weighted by molar-refractivity contribution is 7.80. The molecule has 1 fully saturated rings. The van der Waals surface area contributed by atoms with Gasteiger partial charge in [0.25, 0.3) is 0 Å². The highest BCUT2D eigenvalue weighted by Crippen LogP contribution is 2.43. The molecule has 0 aromatic rings. The van der Waals surface area contributed by atoms with Crippen LogP contribution in [0.3, 0.4) is 0 Å². The molecule has 31 heavy (non-hydrogen) atoms. The van der Waals surface area contributed by atoms with E-state index in [0.717, 1.165) is 5.57 Å². The molecule has 1 rings (SSSR count). The summed E-state index contributed by atoms with van der Waals surface area (Å²) in [4.78, 5) is 28.1. The van der Waals surface area contributed by atoms with Crippen LogP contribution in [0.15, 0.2) is 12.2 Å². The lowest BCUT2D eigenvalue weighted by molar-refractivity contribution is -0.162. The van der Waals surface area contributed by atoms with Crippen LogP contribution in [0.4, 0.5) is 4.79 Å². The molecule has 0 spiro atoms. The van der Waals surface area contributed by atoms with Crippen LogP contribution in [0.2, 0.25) is 18.1 Å². The zero-order valence-corrected chi connectivity index (χ0v) is 23.2. The summed E-state index contributed by atoms with van der Waals surface area (Å²) in [5.74, 6) is -1.04. The van der Waals surface area contributed by atoms with Crippen molar-refractivity contribution in [1.82, 2.24) is 4.90 Å². The number of thiocarbonyl (C=S) groups is 1. The number of carbonyl (C=O) groups is 2. The van der Waals surface area contributed by atoms with Crippen LogP contribution in [-0.2, 0) is 18.7 Å². The van der Waals surface area contributed by atoms with E-state index in [4.69, 9.17) is 26.1 Å². The molecule has 0 radical (unpaired) electrons. The highest BCUT2D eigenvalue weighted by atomic mass is 32.1. The molecular formula is C23H41NO5SSi. The van der Waals surface area contributed by atoms with Gasteiger partial charge in [-0.05, 0) is 66.6 Å². The smallest absolute Gasteiger partial charge is 0.416 e. The lowest BCUT2D eigenvalue weighted by Gasteiger charge is -2.41. The molecule has 3 atom stereocenters. The predicted octanol–water partition coefficient (Wildman–Crippen LogP) is 5.86. The van der Waals surface area contributed by atoms with Gasteiger partial charge in [0.1, 0.15) is 11.2 Å². The molecule has 0 N–H and O–H groups in total. The molecule has 1 heterocycles. The number of rotatable bonds is 4. The number of hydrogen-bond acceptors (Lipinski definition) is 6. The summed E-state index contributed by atoms with van der Waals surface area (Å²) in [6.07, 6.45) is -1.37. The first-order valence-electron chi connectivity index (χ1n) is 10.7. The van der Waals surface area contributed by atoms with E-state index in [1.165, 1.54) is 4.90 Å². The first-order valence-corrected chi connectivity index (χ1v) is 14.0. The van der Waals surface area contributed by atoms with Gasteiger partial charge in [0.05, 0.1) is 17.0 Å². The molecule has 1 aliphatic heterocycles. The number of esters is 1. The first kappa shape index (κ1) is 27.8. The van der Waals surface area contributed by atoms with Gasteiger partial charge in [-0.3, -0.25) is 4.90 Å². The van der Waals surface area contributed by atoms with Crippen molar-refractivity contribution >= 4 is 37.6 Å². The Hall–Kier alpha value is -1.25. The molecule has 8 heteroatoms. The second-order valence-electron chi connectivity index (χ2n) is 11.8. The van der Waals surface area contributed by atoms with E-state index in [0.29, 0.717) is 0 Å². The van der Waals surface area contributed by atoms with Crippen LogP contribution in [0.25, 0.3) is 0 Å². The molecule has 178 valence electrons. The minimum atomic E-state index is -2.33. The minimum Gasteiger partial charge on any atom is -0.458 e. The van der Waals surface area contributed by atoms with Crippen LogP contribution in [0.1, 0.15) is 69.2 Å². The van der Waals surface area contributed by atoms with Crippen LogP contribution in [0, 0.1) is 5.92 Å². The fourth-order valence-corrected chi connectivity index (χ4v) is 4.84. The second kappa shape index (κ2) is 8.94. The predicted molar refractivity (Wildman–Crippen MR) is 131 cm³/mol. The summed E-state index contributed by atoms with van der Waals surface area (Å²) in [5, 5.41) is -0.105. The standard InChI is InChI=1S/C23H41NO5SSi/c1-14(2)15-17(29-31(12,13)23(9,10)11)16(19(25)27-21(3,4)5)24(18(15)30)20(26)28-22(6,7)8/h15-17H,1H2,2-13H3/t15-,16+,17-/m1/s1. The molecule has 1 aliphatic rings. The van der Waals surface area contributed by atoms with Crippen molar-refractivity contribution in [2.75, 3.05) is 0 Å². The number of likely N-dealkylation sites (tertiary alicyclic amines) is 1. The van der Waals surface area contributed by atoms with Crippen molar-refractivity contribution < 1.29 is 23.5 Å². The normalized spacial score (nSPS) is 23.0. The Kier molecular flexibility index (Phi) is 8.01. The number of nitrogens with zero attached hydrogens (tertiary/aromatic N) is 1. The summed E-state index contributed by atoms with van der Waals surface area (Å²) in [5.41, 5.74) is -0.753. The molecule has 0 aliphatic carbocycles. The number of hydrogen-bond donors (Lipinski definition) is 0. The fraction of sp³-hybridized carbons (Fsp3) is 0.783. The Labute approximate surface area is 194 Å². The summed E-state index contributed by atoms with van der Waals surface area (Å²) in [7, 11) is -2.33. The van der Waals surface area contributed by atoms with Gasteiger partial charge in [-0.15, -0.1) is 0 Å². The van der Waals surface area contributed by atoms with Gasteiger partial charge in [0.2, 0.25) is 0 Å². The zero-order chi connectivity index (χ0) is 24.7. The van der Waals surface area contributed by atoms with E-state index in [1.807, 2.05) is 6.92 Å². The molecular weight excluding hydrogens is 430 g/mol. The Balaban J connectivity index is 3.59. The van der Waals surface area contributed by atoms with Crippen molar-refractivity contribution in [3.63, 3.8) is 0 Å². The van der Waals surface area contributed by atoms with E-state index in [1.54, 1.807) is 41.5 Å². The van der Waals surface area contributed by atoms with Crippen LogP contribution < -0.4 is 0 Å². The van der Waals surface area contributed by atoms with Gasteiger partial charge in [-0.2, -0.15) is 0 Å². The third kappa shape index (κ3) is 6.86. The maximum absolute atomic E-state index is 13.4. The molecule has 0 saturated carbocycles. The lowest BCUT2D eigenvalue weighted by atomic mass is 9.95. The molecule has 0 bridgehead atoms. The maximum atomic E-state index is 13.4. The third-order valence-electron chi connectivity index (χ3n) is 5.43. The van der Waals surface area contributed by atoms with Gasteiger partial charge in [0, 0.05) is 0 Å². The van der Waals surface area contributed by atoms with E-state index < -0.39 is 49.6 Å². The minimum absolute atomic E-state index is 0.105. The summed E-state index contributed by atoms with van der Waals surface area (Å²) >= 11 is 5.69. The highest BCUT2D eigenvalue weighted by Gasteiger charge is 2.57. The molecule has 1 saturated heterocycles. The van der Waals surface area contributed by atoms with Crippen molar-refractivity contribution in [2.24, 2.45) is 5.92 Å². The van der Waals surface area contributed by atoms with E-state index >= 15 is 0 Å². The summed E-state index contributed by atoms with van der Waals surface area (Å²) in [6.45, 7) is 27.2. The van der Waals surface area contributed by atoms with Crippen molar-refractivity contribution in [2.45, 2.75) is 111 Å². The Morgan fingerprint density at radius 1 is 0.968 bits per heavy atom. The summed E-state index contributed by atoms with van der Waals surface area (Å²) in [6, 6.07) is -1.04. The fourth-order valence-electron chi connectivity index (χ4n) is 3.01. The lowest BCUT2D eigenvalue weighted by Crippen LogP contribution is -2.54. The van der Waals surface area contributed by atoms with Crippen LogP contribution in [0.5, 0.6) is 0 Å². The molecule has 6 nitrogen and oxygen atoms in total. The van der Waals surface area contributed by atoms with E-state index in [2.05, 4.69) is 40.4 Å². The van der Waals surface area contributed by atoms with E-state index in [-0.39, 0.29) is 10.0 Å². The van der Waals surface area contributed by atoms with E-state index in [9.17, 15) is 9.59 Å². The summed E-state index contributed by atoms with van der Waals surface area (Å²) < 4.78 is 18.0. The second-order valence-corrected chi connectivity index (χ2v) is 17.0. The van der Waals surface area contributed by atoms with Crippen LogP contribution in [-0.4, -0.2) is 53.6 Å². The number of ether oxygens (including phenoxy) is 2. The van der Waals surface area contributed by atoms with Crippen molar-refractivity contribution in [3.8, 4) is 0 Å². The SMILES string of the molecule is C=C(C)[C@H]1C(=S)N(C(=O)OC(C)(C)C)[C@H](C(=O)OC(C)(C)C)[C@@H]1O[Si](C)(C)C(C)(C)C.